The number of nitrogens with one attached hydrogen (secondary N) is 2. The Balaban J connectivity index is 1.43. The van der Waals surface area contributed by atoms with Crippen molar-refractivity contribution in [1.82, 2.24) is 20.2 Å². The number of urea groups is 1. The van der Waals surface area contributed by atoms with E-state index in [4.69, 9.17) is 0 Å². The highest BCUT2D eigenvalue weighted by Gasteiger charge is 2.22. The minimum absolute atomic E-state index is 0.0422. The summed E-state index contributed by atoms with van der Waals surface area (Å²) in [4.78, 5) is 37.2. The third-order valence-corrected chi connectivity index (χ3v) is 5.50. The van der Waals surface area contributed by atoms with Gasteiger partial charge in [-0.15, -0.1) is 11.3 Å². The number of nitrogens with zero attached hydrogens (tertiary/aromatic N) is 4. The normalized spacial score (nSPS) is 14.2. The van der Waals surface area contributed by atoms with Gasteiger partial charge in [0, 0.05) is 44.3 Å². The van der Waals surface area contributed by atoms with Crippen LogP contribution in [0.1, 0.15) is 26.0 Å². The van der Waals surface area contributed by atoms with Gasteiger partial charge in [0.1, 0.15) is 5.82 Å². The predicted molar refractivity (Wildman–Crippen MR) is 115 cm³/mol. The number of thiazole rings is 1. The maximum absolute atomic E-state index is 12.5. The van der Waals surface area contributed by atoms with E-state index in [0.29, 0.717) is 36.4 Å². The maximum atomic E-state index is 12.5. The minimum atomic E-state index is -0.159. The zero-order valence-corrected chi connectivity index (χ0v) is 17.7. The van der Waals surface area contributed by atoms with Crippen molar-refractivity contribution in [2.24, 2.45) is 5.92 Å². The number of anilines is 2. The molecule has 0 aromatic carbocycles. The number of hydrogen-bond acceptors (Lipinski definition) is 6. The topological polar surface area (TPSA) is 90.5 Å². The third kappa shape index (κ3) is 6.42. The van der Waals surface area contributed by atoms with E-state index in [9.17, 15) is 9.59 Å². The summed E-state index contributed by atoms with van der Waals surface area (Å²) in [5.74, 6) is 1.45. The van der Waals surface area contributed by atoms with E-state index in [2.05, 4.69) is 39.3 Å². The number of aromatic nitrogens is 2. The van der Waals surface area contributed by atoms with E-state index in [0.717, 1.165) is 25.3 Å². The average molecular weight is 417 g/mol. The van der Waals surface area contributed by atoms with E-state index < -0.39 is 0 Å². The van der Waals surface area contributed by atoms with Crippen molar-refractivity contribution in [3.05, 3.63) is 35.5 Å². The van der Waals surface area contributed by atoms with Gasteiger partial charge in [0.2, 0.25) is 5.91 Å². The summed E-state index contributed by atoms with van der Waals surface area (Å²) in [6.45, 7) is 7.65. The number of carbonyl (C=O) groups excluding carboxylic acids is 2. The maximum Gasteiger partial charge on any atom is 0.323 e. The monoisotopic (exact) mass is 416 g/mol. The Bertz CT molecular complexity index is 802. The van der Waals surface area contributed by atoms with Crippen LogP contribution < -0.4 is 15.5 Å². The zero-order chi connectivity index (χ0) is 20.6. The first-order valence-corrected chi connectivity index (χ1v) is 10.8. The lowest BCUT2D eigenvalue weighted by Gasteiger charge is -2.35. The zero-order valence-electron chi connectivity index (χ0n) is 16.9. The Morgan fingerprint density at radius 3 is 2.69 bits per heavy atom. The van der Waals surface area contributed by atoms with Crippen LogP contribution in [0.25, 0.3) is 0 Å². The van der Waals surface area contributed by atoms with Gasteiger partial charge in [0.05, 0.1) is 12.1 Å². The lowest BCUT2D eigenvalue weighted by Crippen LogP contribution is -2.50. The van der Waals surface area contributed by atoms with Crippen molar-refractivity contribution < 1.29 is 9.59 Å². The van der Waals surface area contributed by atoms with Crippen LogP contribution in [-0.4, -0.2) is 59.5 Å². The quantitative estimate of drug-likeness (QED) is 0.724. The summed E-state index contributed by atoms with van der Waals surface area (Å²) in [6, 6.07) is 5.68. The molecule has 3 heterocycles. The number of carbonyl (C=O) groups is 2. The molecule has 0 atom stereocenters. The first-order valence-electron chi connectivity index (χ1n) is 9.94. The highest BCUT2D eigenvalue weighted by atomic mass is 32.1. The molecule has 0 aliphatic carbocycles. The van der Waals surface area contributed by atoms with E-state index in [1.165, 1.54) is 11.3 Å². The fourth-order valence-electron chi connectivity index (χ4n) is 3.02. The molecule has 1 saturated heterocycles. The largest absolute Gasteiger partial charge is 0.356 e. The third-order valence-electron chi connectivity index (χ3n) is 4.69. The van der Waals surface area contributed by atoms with Crippen molar-refractivity contribution in [3.63, 3.8) is 0 Å². The van der Waals surface area contributed by atoms with Crippen molar-refractivity contribution in [3.8, 4) is 0 Å². The fourth-order valence-corrected chi connectivity index (χ4v) is 3.72. The van der Waals surface area contributed by atoms with Gasteiger partial charge in [0.15, 0.2) is 5.13 Å². The van der Waals surface area contributed by atoms with Gasteiger partial charge < -0.3 is 15.1 Å². The van der Waals surface area contributed by atoms with Gasteiger partial charge in [-0.2, -0.15) is 0 Å². The van der Waals surface area contributed by atoms with Gasteiger partial charge >= 0.3 is 6.03 Å². The molecular formula is C20H28N6O2S. The molecule has 0 bridgehead atoms. The summed E-state index contributed by atoms with van der Waals surface area (Å²) in [7, 11) is 0. The lowest BCUT2D eigenvalue weighted by atomic mass is 10.1. The number of rotatable bonds is 7. The summed E-state index contributed by atoms with van der Waals surface area (Å²) < 4.78 is 0. The molecule has 1 aliphatic heterocycles. The molecule has 1 aliphatic rings. The molecule has 9 heteroatoms. The Morgan fingerprint density at radius 1 is 1.21 bits per heavy atom. The second-order valence-electron chi connectivity index (χ2n) is 7.45. The summed E-state index contributed by atoms with van der Waals surface area (Å²) in [5.41, 5.74) is 0.673. The lowest BCUT2D eigenvalue weighted by molar-refractivity contribution is -0.120. The minimum Gasteiger partial charge on any atom is -0.356 e. The molecule has 2 aromatic heterocycles. The first kappa shape index (κ1) is 21.0. The fraction of sp³-hybridized carbons (Fsp3) is 0.500. The van der Waals surface area contributed by atoms with Crippen LogP contribution in [-0.2, 0) is 11.2 Å². The van der Waals surface area contributed by atoms with E-state index >= 15 is 0 Å². The molecule has 1 fully saturated rings. The first-order chi connectivity index (χ1) is 14.0. The summed E-state index contributed by atoms with van der Waals surface area (Å²) >= 11 is 1.34. The van der Waals surface area contributed by atoms with Crippen molar-refractivity contribution >= 4 is 34.2 Å². The van der Waals surface area contributed by atoms with Crippen LogP contribution in [0, 0.1) is 5.92 Å². The summed E-state index contributed by atoms with van der Waals surface area (Å²) in [6.07, 6.45) is 2.96. The molecule has 0 unspecified atom stereocenters. The van der Waals surface area contributed by atoms with Gasteiger partial charge in [0.25, 0.3) is 0 Å². The molecule has 3 rings (SSSR count). The predicted octanol–water partition coefficient (Wildman–Crippen LogP) is 2.60. The second kappa shape index (κ2) is 10.2. The standard InChI is InChI=1S/C20H28N6O2S/c1-15(2)6-8-22-18(27)13-16-14-29-19(23-16)24-20(28)26-11-9-25(10-12-26)17-5-3-4-7-21-17/h3-5,7,14-15H,6,8-13H2,1-2H3,(H,22,27)(H,23,24,28). The van der Waals surface area contributed by atoms with Crippen LogP contribution in [0.3, 0.4) is 0 Å². The van der Waals surface area contributed by atoms with Gasteiger partial charge in [-0.25, -0.2) is 14.8 Å². The second-order valence-corrected chi connectivity index (χ2v) is 8.30. The summed E-state index contributed by atoms with van der Waals surface area (Å²) in [5, 5.41) is 8.09. The Kier molecular flexibility index (Phi) is 7.40. The van der Waals surface area contributed by atoms with Crippen molar-refractivity contribution in [2.45, 2.75) is 26.7 Å². The van der Waals surface area contributed by atoms with E-state index in [1.807, 2.05) is 23.6 Å². The molecule has 29 heavy (non-hydrogen) atoms. The molecule has 156 valence electrons. The van der Waals surface area contributed by atoms with Gasteiger partial charge in [-0.05, 0) is 24.5 Å². The van der Waals surface area contributed by atoms with Gasteiger partial charge in [-0.1, -0.05) is 19.9 Å². The Labute approximate surface area is 175 Å². The number of pyridine rings is 1. The Hall–Kier alpha value is -2.68. The van der Waals surface area contributed by atoms with Crippen LogP contribution in [0.2, 0.25) is 0 Å². The molecule has 2 N–H and O–H groups in total. The number of hydrogen-bond donors (Lipinski definition) is 2. The van der Waals surface area contributed by atoms with Crippen molar-refractivity contribution in [1.29, 1.82) is 0 Å². The smallest absolute Gasteiger partial charge is 0.323 e. The molecule has 3 amide bonds. The molecule has 0 spiro atoms. The van der Waals surface area contributed by atoms with Crippen LogP contribution >= 0.6 is 11.3 Å². The average Bonchev–Trinajstić information content (AvgIpc) is 3.15. The highest BCUT2D eigenvalue weighted by molar-refractivity contribution is 7.13. The SMILES string of the molecule is CC(C)CCNC(=O)Cc1csc(NC(=O)N2CCN(c3ccccn3)CC2)n1. The molecule has 2 aromatic rings. The van der Waals surface area contributed by atoms with Crippen LogP contribution in [0.15, 0.2) is 29.8 Å². The van der Waals surface area contributed by atoms with Crippen molar-refractivity contribution in [2.75, 3.05) is 42.9 Å². The molecule has 0 radical (unpaired) electrons. The number of amides is 3. The molecular weight excluding hydrogens is 388 g/mol. The van der Waals surface area contributed by atoms with E-state index in [-0.39, 0.29) is 18.4 Å². The molecule has 0 saturated carbocycles. The molecule has 8 nitrogen and oxygen atoms in total. The number of piperazine rings is 1. The van der Waals surface area contributed by atoms with Crippen LogP contribution in [0.5, 0.6) is 0 Å². The van der Waals surface area contributed by atoms with E-state index in [1.54, 1.807) is 11.1 Å². The highest BCUT2D eigenvalue weighted by Crippen LogP contribution is 2.18. The van der Waals surface area contributed by atoms with Gasteiger partial charge in [-0.3, -0.25) is 10.1 Å². The van der Waals surface area contributed by atoms with Crippen LogP contribution in [0.4, 0.5) is 15.7 Å². The Morgan fingerprint density at radius 2 is 2.00 bits per heavy atom.